The second-order valence-electron chi connectivity index (χ2n) is 4.31. The summed E-state index contributed by atoms with van der Waals surface area (Å²) >= 11 is 3.31. The highest BCUT2D eigenvalue weighted by Crippen LogP contribution is 2.19. The van der Waals surface area contributed by atoms with Crippen molar-refractivity contribution < 1.29 is 9.59 Å². The molecule has 2 amide bonds. The number of rotatable bonds is 6. The van der Waals surface area contributed by atoms with Gasteiger partial charge in [0.1, 0.15) is 0 Å². The molecule has 0 aliphatic carbocycles. The van der Waals surface area contributed by atoms with Crippen molar-refractivity contribution in [3.05, 3.63) is 28.2 Å². The number of hydrogen-bond donors (Lipinski definition) is 2. The Balaban J connectivity index is 2.52. The molecule has 0 aromatic heterocycles. The molecule has 110 valence electrons. The van der Waals surface area contributed by atoms with Crippen LogP contribution in [0, 0.1) is 0 Å². The quantitative estimate of drug-likeness (QED) is 0.777. The number of benzene rings is 1. The van der Waals surface area contributed by atoms with Gasteiger partial charge in [0.2, 0.25) is 5.91 Å². The van der Waals surface area contributed by atoms with Crippen molar-refractivity contribution in [2.75, 3.05) is 25.4 Å². The molecule has 1 rings (SSSR count). The number of nitrogens with two attached hydrogens (primary N) is 1. The maximum absolute atomic E-state index is 12.0. The average molecular weight is 342 g/mol. The number of amides is 2. The number of nitrogens with one attached hydrogen (secondary N) is 1. The van der Waals surface area contributed by atoms with E-state index in [0.29, 0.717) is 41.8 Å². The highest BCUT2D eigenvalue weighted by atomic mass is 79.9. The van der Waals surface area contributed by atoms with Crippen LogP contribution in [-0.2, 0) is 4.79 Å². The lowest BCUT2D eigenvalue weighted by Gasteiger charge is -2.18. The molecule has 0 spiro atoms. The Kier molecular flexibility index (Phi) is 6.51. The van der Waals surface area contributed by atoms with Crippen molar-refractivity contribution in [1.29, 1.82) is 0 Å². The summed E-state index contributed by atoms with van der Waals surface area (Å²) < 4.78 is 0.680. The molecule has 0 saturated heterocycles. The summed E-state index contributed by atoms with van der Waals surface area (Å²) in [5, 5.41) is 2.73. The summed E-state index contributed by atoms with van der Waals surface area (Å²) in [5.41, 5.74) is 6.65. The number of nitrogens with zero attached hydrogens (tertiary/aromatic N) is 1. The minimum atomic E-state index is -0.239. The number of hydrogen-bond acceptors (Lipinski definition) is 3. The van der Waals surface area contributed by atoms with Gasteiger partial charge in [-0.15, -0.1) is 0 Å². The van der Waals surface area contributed by atoms with Crippen molar-refractivity contribution in [2.45, 2.75) is 20.3 Å². The fraction of sp³-hybridized carbons (Fsp3) is 0.429. The third-order valence-electron chi connectivity index (χ3n) is 2.98. The standard InChI is InChI=1S/C14H20BrN3O2/c1-3-18(4-2)13(19)7-8-17-14(20)11-9-10(16)5-6-12(11)15/h5-6,9H,3-4,7-8,16H2,1-2H3,(H,17,20). The first kappa shape index (κ1) is 16.5. The number of nitrogen functional groups attached to an aromatic ring is 1. The fourth-order valence-electron chi connectivity index (χ4n) is 1.83. The maximum Gasteiger partial charge on any atom is 0.252 e. The average Bonchev–Trinajstić information content (AvgIpc) is 2.42. The van der Waals surface area contributed by atoms with Crippen LogP contribution in [0.5, 0.6) is 0 Å². The third kappa shape index (κ3) is 4.52. The van der Waals surface area contributed by atoms with Gasteiger partial charge in [0, 0.05) is 36.2 Å². The molecule has 0 heterocycles. The van der Waals surface area contributed by atoms with E-state index in [4.69, 9.17) is 5.73 Å². The predicted molar refractivity (Wildman–Crippen MR) is 83.4 cm³/mol. The van der Waals surface area contributed by atoms with Gasteiger partial charge >= 0.3 is 0 Å². The third-order valence-corrected chi connectivity index (χ3v) is 3.67. The van der Waals surface area contributed by atoms with Crippen LogP contribution in [0.1, 0.15) is 30.6 Å². The van der Waals surface area contributed by atoms with Crippen LogP contribution in [0.2, 0.25) is 0 Å². The lowest BCUT2D eigenvalue weighted by Crippen LogP contribution is -2.34. The molecule has 5 nitrogen and oxygen atoms in total. The van der Waals surface area contributed by atoms with E-state index in [1.54, 1.807) is 23.1 Å². The molecule has 0 saturated carbocycles. The summed E-state index contributed by atoms with van der Waals surface area (Å²) in [6.45, 7) is 5.55. The SMILES string of the molecule is CCN(CC)C(=O)CCNC(=O)c1cc(N)ccc1Br. The van der Waals surface area contributed by atoms with Crippen LogP contribution in [0.25, 0.3) is 0 Å². The van der Waals surface area contributed by atoms with Gasteiger partial charge in [0.15, 0.2) is 0 Å². The molecule has 0 unspecified atom stereocenters. The van der Waals surface area contributed by atoms with Gasteiger partial charge in [0.25, 0.3) is 5.91 Å². The molecule has 1 aromatic carbocycles. The monoisotopic (exact) mass is 341 g/mol. The second-order valence-corrected chi connectivity index (χ2v) is 5.17. The van der Waals surface area contributed by atoms with Crippen LogP contribution in [0.3, 0.4) is 0 Å². The maximum atomic E-state index is 12.0. The summed E-state index contributed by atoms with van der Waals surface area (Å²) in [6, 6.07) is 5.04. The molecule has 0 radical (unpaired) electrons. The zero-order chi connectivity index (χ0) is 15.1. The normalized spacial score (nSPS) is 10.2. The van der Waals surface area contributed by atoms with E-state index in [1.807, 2.05) is 13.8 Å². The van der Waals surface area contributed by atoms with E-state index in [0.717, 1.165) is 0 Å². The zero-order valence-corrected chi connectivity index (χ0v) is 13.4. The topological polar surface area (TPSA) is 75.4 Å². The number of carbonyl (C=O) groups excluding carboxylic acids is 2. The lowest BCUT2D eigenvalue weighted by molar-refractivity contribution is -0.130. The zero-order valence-electron chi connectivity index (χ0n) is 11.8. The molecule has 0 aliphatic rings. The number of carbonyl (C=O) groups is 2. The summed E-state index contributed by atoms with van der Waals surface area (Å²) in [6.07, 6.45) is 0.299. The van der Waals surface area contributed by atoms with Crippen molar-refractivity contribution in [3.8, 4) is 0 Å². The summed E-state index contributed by atoms with van der Waals surface area (Å²) in [5.74, 6) is -0.196. The van der Waals surface area contributed by atoms with E-state index in [2.05, 4.69) is 21.2 Å². The molecule has 20 heavy (non-hydrogen) atoms. The Morgan fingerprint density at radius 3 is 2.55 bits per heavy atom. The largest absolute Gasteiger partial charge is 0.399 e. The van der Waals surface area contributed by atoms with E-state index in [1.165, 1.54) is 0 Å². The minimum Gasteiger partial charge on any atom is -0.399 e. The summed E-state index contributed by atoms with van der Waals surface area (Å²) in [4.78, 5) is 25.5. The van der Waals surface area contributed by atoms with Crippen LogP contribution in [0.15, 0.2) is 22.7 Å². The van der Waals surface area contributed by atoms with E-state index >= 15 is 0 Å². The first-order valence-corrected chi connectivity index (χ1v) is 7.39. The van der Waals surface area contributed by atoms with Gasteiger partial charge in [-0.2, -0.15) is 0 Å². The molecule has 0 atom stereocenters. The van der Waals surface area contributed by atoms with Crippen LogP contribution >= 0.6 is 15.9 Å². The summed E-state index contributed by atoms with van der Waals surface area (Å²) in [7, 11) is 0. The molecule has 0 bridgehead atoms. The van der Waals surface area contributed by atoms with E-state index < -0.39 is 0 Å². The van der Waals surface area contributed by atoms with Gasteiger partial charge in [-0.25, -0.2) is 0 Å². The molecular formula is C14H20BrN3O2. The number of anilines is 1. The van der Waals surface area contributed by atoms with Crippen molar-refractivity contribution in [2.24, 2.45) is 0 Å². The van der Waals surface area contributed by atoms with E-state index in [9.17, 15) is 9.59 Å². The molecule has 3 N–H and O–H groups in total. The van der Waals surface area contributed by atoms with Gasteiger partial charge in [-0.3, -0.25) is 9.59 Å². The Bertz CT molecular complexity index is 487. The fourth-order valence-corrected chi connectivity index (χ4v) is 2.26. The van der Waals surface area contributed by atoms with Crippen LogP contribution < -0.4 is 11.1 Å². The Hall–Kier alpha value is -1.56. The smallest absolute Gasteiger partial charge is 0.252 e. The Labute approximate surface area is 127 Å². The molecule has 1 aromatic rings. The minimum absolute atomic E-state index is 0.0435. The van der Waals surface area contributed by atoms with Gasteiger partial charge < -0.3 is 16.0 Å². The second kappa shape index (κ2) is 7.89. The van der Waals surface area contributed by atoms with Gasteiger partial charge in [-0.05, 0) is 48.0 Å². The number of halogens is 1. The Morgan fingerprint density at radius 2 is 1.95 bits per heavy atom. The van der Waals surface area contributed by atoms with Crippen molar-refractivity contribution in [3.63, 3.8) is 0 Å². The van der Waals surface area contributed by atoms with Gasteiger partial charge in [0.05, 0.1) is 5.56 Å². The predicted octanol–water partition coefficient (Wildman–Crippen LogP) is 2.02. The molecule has 0 aliphatic heterocycles. The lowest BCUT2D eigenvalue weighted by atomic mass is 10.2. The first-order valence-electron chi connectivity index (χ1n) is 6.60. The van der Waals surface area contributed by atoms with Gasteiger partial charge in [-0.1, -0.05) is 0 Å². The van der Waals surface area contributed by atoms with E-state index in [-0.39, 0.29) is 11.8 Å². The first-order chi connectivity index (χ1) is 9.49. The Morgan fingerprint density at radius 1 is 1.30 bits per heavy atom. The van der Waals surface area contributed by atoms with Crippen molar-refractivity contribution >= 4 is 33.4 Å². The highest BCUT2D eigenvalue weighted by Gasteiger charge is 2.12. The van der Waals surface area contributed by atoms with Crippen LogP contribution in [0.4, 0.5) is 5.69 Å². The molecular weight excluding hydrogens is 322 g/mol. The van der Waals surface area contributed by atoms with Crippen LogP contribution in [-0.4, -0.2) is 36.3 Å². The highest BCUT2D eigenvalue weighted by molar-refractivity contribution is 9.10. The van der Waals surface area contributed by atoms with Crippen molar-refractivity contribution in [1.82, 2.24) is 10.2 Å². The molecule has 0 fully saturated rings. The molecule has 6 heteroatoms.